The van der Waals surface area contributed by atoms with Crippen LogP contribution in [0.3, 0.4) is 0 Å². The third kappa shape index (κ3) is 6.26. The van der Waals surface area contributed by atoms with Gasteiger partial charge >= 0.3 is 0 Å². The van der Waals surface area contributed by atoms with Gasteiger partial charge in [-0.2, -0.15) is 4.98 Å². The van der Waals surface area contributed by atoms with E-state index in [9.17, 15) is 4.79 Å². The molecule has 0 bridgehead atoms. The van der Waals surface area contributed by atoms with Gasteiger partial charge in [0.1, 0.15) is 5.75 Å². The van der Waals surface area contributed by atoms with Crippen LogP contribution in [0.4, 0.5) is 0 Å². The maximum absolute atomic E-state index is 11.8. The molecule has 1 heterocycles. The molecule has 0 unspecified atom stereocenters. The molecule has 0 aliphatic carbocycles. The number of carbonyl (C=O) groups is 1. The summed E-state index contributed by atoms with van der Waals surface area (Å²) in [5.41, 5.74) is 0.929. The van der Waals surface area contributed by atoms with Gasteiger partial charge in [0.15, 0.2) is 0 Å². The van der Waals surface area contributed by atoms with Crippen molar-refractivity contribution >= 4 is 5.91 Å². The van der Waals surface area contributed by atoms with Crippen molar-refractivity contribution in [3.05, 3.63) is 66.6 Å². The van der Waals surface area contributed by atoms with Crippen molar-refractivity contribution in [2.45, 2.75) is 25.7 Å². The van der Waals surface area contributed by atoms with Crippen LogP contribution in [-0.4, -0.2) is 29.2 Å². The summed E-state index contributed by atoms with van der Waals surface area (Å²) in [7, 11) is 0. The van der Waals surface area contributed by atoms with Gasteiger partial charge < -0.3 is 14.6 Å². The first-order valence-corrected chi connectivity index (χ1v) is 9.14. The molecular formula is C21H23N3O3. The van der Waals surface area contributed by atoms with Crippen molar-refractivity contribution in [1.82, 2.24) is 15.5 Å². The molecule has 1 amide bonds. The molecule has 0 aliphatic rings. The lowest BCUT2D eigenvalue weighted by Crippen LogP contribution is -2.24. The summed E-state index contributed by atoms with van der Waals surface area (Å²) in [6, 6.07) is 19.3. The number of nitrogens with zero attached hydrogens (tertiary/aromatic N) is 2. The maximum atomic E-state index is 11.8. The van der Waals surface area contributed by atoms with E-state index < -0.39 is 0 Å². The van der Waals surface area contributed by atoms with E-state index in [2.05, 4.69) is 15.5 Å². The van der Waals surface area contributed by atoms with E-state index in [0.717, 1.165) is 17.7 Å². The Hall–Kier alpha value is -3.15. The largest absolute Gasteiger partial charge is 0.494 e. The van der Waals surface area contributed by atoms with E-state index in [1.54, 1.807) is 0 Å². The summed E-state index contributed by atoms with van der Waals surface area (Å²) in [6.07, 6.45) is 2.52. The van der Waals surface area contributed by atoms with Crippen LogP contribution in [0.2, 0.25) is 0 Å². The maximum Gasteiger partial charge on any atom is 0.227 e. The third-order valence-corrected chi connectivity index (χ3v) is 3.95. The Labute approximate surface area is 158 Å². The molecule has 1 N–H and O–H groups in total. The summed E-state index contributed by atoms with van der Waals surface area (Å²) in [6.45, 7) is 1.11. The molecule has 140 valence electrons. The van der Waals surface area contributed by atoms with Crippen LogP contribution in [0.25, 0.3) is 11.4 Å². The monoisotopic (exact) mass is 365 g/mol. The molecule has 0 atom stereocenters. The van der Waals surface area contributed by atoms with Crippen LogP contribution in [0.15, 0.2) is 65.2 Å². The van der Waals surface area contributed by atoms with E-state index in [0.29, 0.717) is 44.1 Å². The van der Waals surface area contributed by atoms with E-state index >= 15 is 0 Å². The van der Waals surface area contributed by atoms with Crippen molar-refractivity contribution in [3.63, 3.8) is 0 Å². The SMILES string of the molecule is O=C(CCCOc1ccccc1)NCCCc1nc(-c2ccccc2)no1. The van der Waals surface area contributed by atoms with Crippen LogP contribution < -0.4 is 10.1 Å². The number of aryl methyl sites for hydroxylation is 1. The zero-order valence-corrected chi connectivity index (χ0v) is 15.1. The smallest absolute Gasteiger partial charge is 0.227 e. The number of ether oxygens (including phenoxy) is 1. The van der Waals surface area contributed by atoms with Crippen molar-refractivity contribution in [1.29, 1.82) is 0 Å². The van der Waals surface area contributed by atoms with Gasteiger partial charge in [-0.25, -0.2) is 0 Å². The summed E-state index contributed by atoms with van der Waals surface area (Å²) in [5.74, 6) is 2.03. The zero-order valence-electron chi connectivity index (χ0n) is 15.1. The number of nitrogens with one attached hydrogen (secondary N) is 1. The van der Waals surface area contributed by atoms with Gasteiger partial charge in [0.2, 0.25) is 17.6 Å². The lowest BCUT2D eigenvalue weighted by molar-refractivity contribution is -0.121. The fraction of sp³-hybridized carbons (Fsp3) is 0.286. The molecule has 6 nitrogen and oxygen atoms in total. The van der Waals surface area contributed by atoms with Crippen LogP contribution in [0, 0.1) is 0 Å². The van der Waals surface area contributed by atoms with Gasteiger partial charge in [-0.15, -0.1) is 0 Å². The quantitative estimate of drug-likeness (QED) is 0.555. The molecule has 0 aliphatic heterocycles. The number of rotatable bonds is 10. The number of carbonyl (C=O) groups excluding carboxylic acids is 1. The number of amides is 1. The molecule has 0 fully saturated rings. The van der Waals surface area contributed by atoms with Crippen LogP contribution in [0.1, 0.15) is 25.2 Å². The highest BCUT2D eigenvalue weighted by molar-refractivity contribution is 5.75. The molecule has 27 heavy (non-hydrogen) atoms. The second kappa shape index (κ2) is 10.1. The molecule has 1 aromatic heterocycles. The van der Waals surface area contributed by atoms with Crippen LogP contribution >= 0.6 is 0 Å². The minimum absolute atomic E-state index is 0.0298. The molecular weight excluding hydrogens is 342 g/mol. The minimum Gasteiger partial charge on any atom is -0.494 e. The lowest BCUT2D eigenvalue weighted by Gasteiger charge is -2.06. The third-order valence-electron chi connectivity index (χ3n) is 3.95. The van der Waals surface area contributed by atoms with E-state index in [4.69, 9.17) is 9.26 Å². The van der Waals surface area contributed by atoms with E-state index in [-0.39, 0.29) is 5.91 Å². The predicted molar refractivity (Wildman–Crippen MR) is 102 cm³/mol. The van der Waals surface area contributed by atoms with Gasteiger partial charge in [0.25, 0.3) is 0 Å². The van der Waals surface area contributed by atoms with Crippen molar-refractivity contribution in [3.8, 4) is 17.1 Å². The molecule has 6 heteroatoms. The Morgan fingerprint density at radius 3 is 2.52 bits per heavy atom. The molecule has 0 spiro atoms. The van der Waals surface area contributed by atoms with Gasteiger partial charge in [-0.05, 0) is 25.0 Å². The molecule has 0 saturated carbocycles. The second-order valence-electron chi connectivity index (χ2n) is 6.10. The highest BCUT2D eigenvalue weighted by atomic mass is 16.5. The summed E-state index contributed by atoms with van der Waals surface area (Å²) >= 11 is 0. The standard InChI is InChI=1S/C21H23N3O3/c25-19(13-8-16-26-18-11-5-2-6-12-18)22-15-7-14-20-23-21(24-27-20)17-9-3-1-4-10-17/h1-6,9-12H,7-8,13-16H2,(H,22,25). The summed E-state index contributed by atoms with van der Waals surface area (Å²) in [4.78, 5) is 16.2. The summed E-state index contributed by atoms with van der Waals surface area (Å²) in [5, 5.41) is 6.89. The first kappa shape index (κ1) is 18.6. The Morgan fingerprint density at radius 2 is 1.74 bits per heavy atom. The second-order valence-corrected chi connectivity index (χ2v) is 6.10. The predicted octanol–water partition coefficient (Wildman–Crippen LogP) is 3.64. The van der Waals surface area contributed by atoms with Crippen molar-refractivity contribution < 1.29 is 14.1 Å². The Morgan fingerprint density at radius 1 is 1.00 bits per heavy atom. The molecule has 3 rings (SSSR count). The number of benzene rings is 2. The first-order chi connectivity index (χ1) is 13.3. The Balaban J connectivity index is 1.28. The highest BCUT2D eigenvalue weighted by Gasteiger charge is 2.08. The fourth-order valence-corrected chi connectivity index (χ4v) is 2.56. The fourth-order valence-electron chi connectivity index (χ4n) is 2.56. The number of aromatic nitrogens is 2. The summed E-state index contributed by atoms with van der Waals surface area (Å²) < 4.78 is 10.8. The Bertz CT molecular complexity index is 819. The highest BCUT2D eigenvalue weighted by Crippen LogP contribution is 2.15. The van der Waals surface area contributed by atoms with Crippen LogP contribution in [-0.2, 0) is 11.2 Å². The average Bonchev–Trinajstić information content (AvgIpc) is 3.19. The topological polar surface area (TPSA) is 77.2 Å². The lowest BCUT2D eigenvalue weighted by atomic mass is 10.2. The molecule has 3 aromatic rings. The van der Waals surface area contributed by atoms with Gasteiger partial charge in [0.05, 0.1) is 6.61 Å². The first-order valence-electron chi connectivity index (χ1n) is 9.14. The van der Waals surface area contributed by atoms with E-state index in [1.165, 1.54) is 0 Å². The Kier molecular flexibility index (Phi) is 6.98. The number of para-hydroxylation sites is 1. The van der Waals surface area contributed by atoms with Gasteiger partial charge in [-0.1, -0.05) is 53.7 Å². The normalized spacial score (nSPS) is 10.5. The van der Waals surface area contributed by atoms with E-state index in [1.807, 2.05) is 60.7 Å². The van der Waals surface area contributed by atoms with Gasteiger partial charge in [0, 0.05) is 24.9 Å². The molecule has 0 saturated heterocycles. The molecule has 2 aromatic carbocycles. The average molecular weight is 365 g/mol. The zero-order chi connectivity index (χ0) is 18.7. The minimum atomic E-state index is 0.0298. The van der Waals surface area contributed by atoms with Gasteiger partial charge in [-0.3, -0.25) is 4.79 Å². The van der Waals surface area contributed by atoms with Crippen molar-refractivity contribution in [2.24, 2.45) is 0 Å². The number of hydrogen-bond donors (Lipinski definition) is 1. The molecule has 0 radical (unpaired) electrons. The van der Waals surface area contributed by atoms with Crippen molar-refractivity contribution in [2.75, 3.05) is 13.2 Å². The number of hydrogen-bond acceptors (Lipinski definition) is 5. The van der Waals surface area contributed by atoms with Crippen LogP contribution in [0.5, 0.6) is 5.75 Å².